The van der Waals surface area contributed by atoms with E-state index in [1.165, 1.54) is 11.1 Å². The minimum absolute atomic E-state index is 0.0391. The van der Waals surface area contributed by atoms with Crippen molar-refractivity contribution in [1.29, 1.82) is 0 Å². The largest absolute Gasteiger partial charge is 0.356 e. The summed E-state index contributed by atoms with van der Waals surface area (Å²) in [5.74, 6) is -0.0920. The first-order chi connectivity index (χ1) is 14.7. The summed E-state index contributed by atoms with van der Waals surface area (Å²) in [7, 11) is 0. The van der Waals surface area contributed by atoms with Crippen LogP contribution >= 0.6 is 0 Å². The highest BCUT2D eigenvalue weighted by Gasteiger charge is 2.48. The van der Waals surface area contributed by atoms with Gasteiger partial charge in [-0.15, -0.1) is 0 Å². The number of morpholine rings is 1. The minimum Gasteiger partial charge on any atom is -0.356 e. The molecule has 5 rings (SSSR count). The van der Waals surface area contributed by atoms with Crippen LogP contribution in [0.2, 0.25) is 0 Å². The maximum atomic E-state index is 13.5. The highest BCUT2D eigenvalue weighted by atomic mass is 16.5. The van der Waals surface area contributed by atoms with Crippen molar-refractivity contribution in [1.82, 2.24) is 14.8 Å². The van der Waals surface area contributed by atoms with Crippen molar-refractivity contribution in [2.75, 3.05) is 19.7 Å². The summed E-state index contributed by atoms with van der Waals surface area (Å²) < 4.78 is 5.86. The molecule has 3 heterocycles. The lowest BCUT2D eigenvalue weighted by Crippen LogP contribution is -2.56. The Balaban J connectivity index is 1.38. The van der Waals surface area contributed by atoms with Gasteiger partial charge in [0.05, 0.1) is 6.04 Å². The van der Waals surface area contributed by atoms with Crippen molar-refractivity contribution in [3.63, 3.8) is 0 Å². The molecule has 2 fully saturated rings. The van der Waals surface area contributed by atoms with Crippen LogP contribution in [0, 0.1) is 0 Å². The average molecular weight is 403 g/mol. The Bertz CT molecular complexity index is 956. The molecule has 1 aliphatic carbocycles. The number of hydrogen-bond donors (Lipinski definition) is 0. The van der Waals surface area contributed by atoms with Gasteiger partial charge in [0.2, 0.25) is 5.91 Å². The first-order valence-electron chi connectivity index (χ1n) is 10.6. The predicted octanol–water partition coefficient (Wildman–Crippen LogP) is 2.83. The van der Waals surface area contributed by atoms with Gasteiger partial charge >= 0.3 is 0 Å². The van der Waals surface area contributed by atoms with Crippen molar-refractivity contribution in [2.24, 2.45) is 0 Å². The van der Waals surface area contributed by atoms with Crippen molar-refractivity contribution in [3.05, 3.63) is 72.1 Å². The molecular formula is C24H25N3O3. The molecule has 1 aromatic carbocycles. The topological polar surface area (TPSA) is 62.7 Å². The summed E-state index contributed by atoms with van der Waals surface area (Å²) in [6.07, 6.45) is 7.65. The van der Waals surface area contributed by atoms with Gasteiger partial charge in [-0.05, 0) is 42.0 Å². The normalized spacial score (nSPS) is 24.5. The van der Waals surface area contributed by atoms with Crippen molar-refractivity contribution >= 4 is 17.4 Å². The number of carbonyl (C=O) groups is 2. The summed E-state index contributed by atoms with van der Waals surface area (Å²) in [6.45, 7) is 1.17. The van der Waals surface area contributed by atoms with Gasteiger partial charge < -0.3 is 14.5 Å². The number of hydrogen-bond acceptors (Lipinski definition) is 4. The first-order valence-corrected chi connectivity index (χ1v) is 10.6. The molecule has 30 heavy (non-hydrogen) atoms. The van der Waals surface area contributed by atoms with E-state index in [2.05, 4.69) is 23.2 Å². The highest BCUT2D eigenvalue weighted by Crippen LogP contribution is 2.40. The molecule has 0 N–H and O–H groups in total. The number of aromatic nitrogens is 1. The molecule has 0 spiro atoms. The second-order valence-corrected chi connectivity index (χ2v) is 8.12. The molecule has 2 amide bonds. The van der Waals surface area contributed by atoms with Crippen molar-refractivity contribution in [2.45, 2.75) is 37.5 Å². The average Bonchev–Trinajstić information content (AvgIpc) is 3.65. The summed E-state index contributed by atoms with van der Waals surface area (Å²) >= 11 is 0. The maximum Gasteiger partial charge on any atom is 0.254 e. The van der Waals surface area contributed by atoms with E-state index in [1.807, 2.05) is 40.1 Å². The van der Waals surface area contributed by atoms with Gasteiger partial charge in [-0.2, -0.15) is 0 Å². The van der Waals surface area contributed by atoms with Gasteiger partial charge in [0.25, 0.3) is 5.91 Å². The first kappa shape index (κ1) is 19.0. The van der Waals surface area contributed by atoms with Crippen molar-refractivity contribution in [3.8, 4) is 0 Å². The van der Waals surface area contributed by atoms with E-state index in [-0.39, 0.29) is 24.5 Å². The Labute approximate surface area is 176 Å². The number of carbonyl (C=O) groups excluding carboxylic acids is 2. The molecular weight excluding hydrogens is 378 g/mol. The van der Waals surface area contributed by atoms with E-state index in [1.54, 1.807) is 12.4 Å². The Morgan fingerprint density at radius 3 is 2.60 bits per heavy atom. The Morgan fingerprint density at radius 1 is 1.10 bits per heavy atom. The lowest BCUT2D eigenvalue weighted by atomic mass is 9.96. The van der Waals surface area contributed by atoms with Crippen LogP contribution in [0.1, 0.15) is 36.4 Å². The third kappa shape index (κ3) is 3.63. The maximum absolute atomic E-state index is 13.5. The van der Waals surface area contributed by atoms with E-state index >= 15 is 0 Å². The molecule has 154 valence electrons. The van der Waals surface area contributed by atoms with E-state index < -0.39 is 12.1 Å². The molecule has 1 aromatic heterocycles. The van der Waals surface area contributed by atoms with Crippen LogP contribution in [0.4, 0.5) is 0 Å². The quantitative estimate of drug-likeness (QED) is 0.788. The van der Waals surface area contributed by atoms with Crippen LogP contribution in [0.25, 0.3) is 5.57 Å². The van der Waals surface area contributed by atoms with Gasteiger partial charge in [0.15, 0.2) is 6.10 Å². The third-order valence-electron chi connectivity index (χ3n) is 6.14. The second-order valence-electron chi connectivity index (χ2n) is 8.12. The predicted molar refractivity (Wildman–Crippen MR) is 112 cm³/mol. The molecule has 1 saturated carbocycles. The molecule has 1 saturated heterocycles. The van der Waals surface area contributed by atoms with Gasteiger partial charge in [0.1, 0.15) is 6.61 Å². The van der Waals surface area contributed by atoms with Gasteiger partial charge in [-0.1, -0.05) is 42.5 Å². The van der Waals surface area contributed by atoms with E-state index in [4.69, 9.17) is 4.74 Å². The fourth-order valence-corrected chi connectivity index (χ4v) is 4.47. The van der Waals surface area contributed by atoms with Crippen LogP contribution in [-0.4, -0.2) is 58.4 Å². The number of amides is 2. The molecule has 2 aliphatic heterocycles. The van der Waals surface area contributed by atoms with E-state index in [0.717, 1.165) is 24.8 Å². The zero-order chi connectivity index (χ0) is 20.5. The fraction of sp³-hybridized carbons (Fsp3) is 0.375. The summed E-state index contributed by atoms with van der Waals surface area (Å²) in [5.41, 5.74) is 3.33. The Morgan fingerprint density at radius 2 is 1.93 bits per heavy atom. The molecule has 0 unspecified atom stereocenters. The third-order valence-corrected chi connectivity index (χ3v) is 6.14. The number of benzene rings is 1. The molecule has 0 bridgehead atoms. The van der Waals surface area contributed by atoms with Gasteiger partial charge in [0, 0.05) is 31.5 Å². The second kappa shape index (κ2) is 8.03. The van der Waals surface area contributed by atoms with Crippen LogP contribution in [0.15, 0.2) is 60.9 Å². The van der Waals surface area contributed by atoms with Crippen LogP contribution in [0.3, 0.4) is 0 Å². The summed E-state index contributed by atoms with van der Waals surface area (Å²) in [5, 5.41) is 0. The molecule has 2 aromatic rings. The van der Waals surface area contributed by atoms with Crippen LogP contribution in [-0.2, 0) is 14.3 Å². The molecule has 6 heteroatoms. The highest BCUT2D eigenvalue weighted by molar-refractivity contribution is 5.87. The molecule has 0 radical (unpaired) electrons. The van der Waals surface area contributed by atoms with E-state index in [9.17, 15) is 9.59 Å². The lowest BCUT2D eigenvalue weighted by molar-refractivity contribution is -0.170. The molecule has 2 atom stereocenters. The zero-order valence-electron chi connectivity index (χ0n) is 16.8. The standard InChI is InChI=1S/C24H25N3O3/c28-21-16-30-23(22(27(21)20-8-9-20)19-7-4-12-25-15-19)24(29)26-13-10-18(11-14-26)17-5-2-1-3-6-17/h1-7,10,12,15,20,22-23H,8-9,11,13-14,16H2/t22-,23+/m1/s1. The fourth-order valence-electron chi connectivity index (χ4n) is 4.47. The smallest absolute Gasteiger partial charge is 0.254 e. The summed E-state index contributed by atoms with van der Waals surface area (Å²) in [4.78, 5) is 34.1. The SMILES string of the molecule is O=C([C@H]1OCC(=O)N(C2CC2)[C@@H]1c1cccnc1)N1CC=C(c2ccccc2)CC1. The van der Waals surface area contributed by atoms with Gasteiger partial charge in [-0.25, -0.2) is 0 Å². The number of ether oxygens (including phenoxy) is 1. The Hall–Kier alpha value is -2.99. The summed E-state index contributed by atoms with van der Waals surface area (Å²) in [6, 6.07) is 13.8. The van der Waals surface area contributed by atoms with Crippen LogP contribution < -0.4 is 0 Å². The van der Waals surface area contributed by atoms with Crippen molar-refractivity contribution < 1.29 is 14.3 Å². The number of pyridine rings is 1. The molecule has 3 aliphatic rings. The molecule has 6 nitrogen and oxygen atoms in total. The van der Waals surface area contributed by atoms with Crippen LogP contribution in [0.5, 0.6) is 0 Å². The zero-order valence-corrected chi connectivity index (χ0v) is 16.8. The number of nitrogens with zero attached hydrogens (tertiary/aromatic N) is 3. The number of rotatable bonds is 4. The van der Waals surface area contributed by atoms with E-state index in [0.29, 0.717) is 13.1 Å². The lowest BCUT2D eigenvalue weighted by Gasteiger charge is -2.42. The monoisotopic (exact) mass is 403 g/mol. The Kier molecular flexibility index (Phi) is 5.09. The van der Waals surface area contributed by atoms with Gasteiger partial charge in [-0.3, -0.25) is 14.6 Å². The minimum atomic E-state index is -0.695.